The lowest BCUT2D eigenvalue weighted by Gasteiger charge is -2.26. The lowest BCUT2D eigenvalue weighted by Crippen LogP contribution is -2.20. The zero-order chi connectivity index (χ0) is 12.6. The highest BCUT2D eigenvalue weighted by Gasteiger charge is 2.29. The lowest BCUT2D eigenvalue weighted by atomic mass is 9.96. The molecule has 0 fully saturated rings. The number of halogens is 1. The van der Waals surface area contributed by atoms with Gasteiger partial charge in [0, 0.05) is 5.56 Å². The molecule has 2 rings (SSSR count). The third-order valence-electron chi connectivity index (χ3n) is 2.59. The molecular formula is C12H15BrO4. The molecule has 4 nitrogen and oxygen atoms in total. The van der Waals surface area contributed by atoms with Gasteiger partial charge < -0.3 is 19.3 Å². The van der Waals surface area contributed by atoms with Gasteiger partial charge in [0.15, 0.2) is 11.5 Å². The van der Waals surface area contributed by atoms with Gasteiger partial charge in [-0.25, -0.2) is 0 Å². The number of hydrogen-bond donors (Lipinski definition) is 1. The van der Waals surface area contributed by atoms with Gasteiger partial charge in [0.1, 0.15) is 23.4 Å². The van der Waals surface area contributed by atoms with Gasteiger partial charge in [-0.1, -0.05) is 0 Å². The van der Waals surface area contributed by atoms with Crippen LogP contribution in [0, 0.1) is 0 Å². The molecule has 1 aromatic carbocycles. The molecule has 0 unspecified atom stereocenters. The molecule has 5 heteroatoms. The van der Waals surface area contributed by atoms with E-state index in [4.69, 9.17) is 14.2 Å². The Bertz CT molecular complexity index is 437. The van der Waals surface area contributed by atoms with Crippen molar-refractivity contribution in [2.45, 2.75) is 19.4 Å². The van der Waals surface area contributed by atoms with E-state index in [9.17, 15) is 5.11 Å². The summed E-state index contributed by atoms with van der Waals surface area (Å²) in [5.41, 5.74) is -0.347. The summed E-state index contributed by atoms with van der Waals surface area (Å²) in [7, 11) is 1.56. The van der Waals surface area contributed by atoms with Crippen LogP contribution in [0.3, 0.4) is 0 Å². The second-order valence-electron chi connectivity index (χ2n) is 4.35. The van der Waals surface area contributed by atoms with E-state index in [1.807, 2.05) is 0 Å². The zero-order valence-corrected chi connectivity index (χ0v) is 11.6. The Labute approximate surface area is 109 Å². The second kappa shape index (κ2) is 4.38. The summed E-state index contributed by atoms with van der Waals surface area (Å²) in [4.78, 5) is 0. The molecule has 0 bridgehead atoms. The molecule has 1 aliphatic heterocycles. The van der Waals surface area contributed by atoms with Crippen LogP contribution in [0.1, 0.15) is 19.4 Å². The fourth-order valence-corrected chi connectivity index (χ4v) is 2.47. The van der Waals surface area contributed by atoms with Gasteiger partial charge in [0.05, 0.1) is 12.7 Å². The number of fused-ring (bicyclic) bond motifs is 1. The van der Waals surface area contributed by atoms with Crippen molar-refractivity contribution in [2.24, 2.45) is 0 Å². The minimum Gasteiger partial charge on any atom is -0.495 e. The molecule has 0 amide bonds. The van der Waals surface area contributed by atoms with Gasteiger partial charge >= 0.3 is 0 Å². The van der Waals surface area contributed by atoms with Crippen LogP contribution in [0.2, 0.25) is 0 Å². The predicted molar refractivity (Wildman–Crippen MR) is 66.9 cm³/mol. The summed E-state index contributed by atoms with van der Waals surface area (Å²) in [5, 5.41) is 10.1. The Hall–Kier alpha value is -0.940. The largest absolute Gasteiger partial charge is 0.495 e. The molecule has 0 spiro atoms. The van der Waals surface area contributed by atoms with Gasteiger partial charge in [0.2, 0.25) is 0 Å². The van der Waals surface area contributed by atoms with Crippen molar-refractivity contribution in [1.29, 1.82) is 0 Å². The van der Waals surface area contributed by atoms with Crippen molar-refractivity contribution in [1.82, 2.24) is 0 Å². The molecule has 1 aliphatic rings. The van der Waals surface area contributed by atoms with Crippen molar-refractivity contribution in [3.8, 4) is 17.2 Å². The summed E-state index contributed by atoms with van der Waals surface area (Å²) in [6.07, 6.45) is 0. The average molecular weight is 303 g/mol. The SMILES string of the molecule is COc1c(C(C)(C)O)cc2c(c1Br)OCCO2. The number of benzene rings is 1. The van der Waals surface area contributed by atoms with E-state index in [1.54, 1.807) is 27.0 Å². The Morgan fingerprint density at radius 3 is 2.59 bits per heavy atom. The molecule has 0 saturated heterocycles. The summed E-state index contributed by atoms with van der Waals surface area (Å²) in [6, 6.07) is 1.76. The van der Waals surface area contributed by atoms with Crippen molar-refractivity contribution < 1.29 is 19.3 Å². The van der Waals surface area contributed by atoms with Gasteiger partial charge in [0.25, 0.3) is 0 Å². The lowest BCUT2D eigenvalue weighted by molar-refractivity contribution is 0.0743. The van der Waals surface area contributed by atoms with E-state index in [1.165, 1.54) is 0 Å². The number of methoxy groups -OCH3 is 1. The smallest absolute Gasteiger partial charge is 0.179 e. The molecule has 0 saturated carbocycles. The van der Waals surface area contributed by atoms with Crippen LogP contribution in [0.25, 0.3) is 0 Å². The third kappa shape index (κ3) is 2.21. The van der Waals surface area contributed by atoms with Gasteiger partial charge in [-0.2, -0.15) is 0 Å². The Balaban J connectivity index is 2.64. The van der Waals surface area contributed by atoms with Crippen molar-refractivity contribution >= 4 is 15.9 Å². The first-order chi connectivity index (χ1) is 7.95. The van der Waals surface area contributed by atoms with E-state index in [0.717, 1.165) is 0 Å². The molecule has 1 aromatic rings. The maximum Gasteiger partial charge on any atom is 0.179 e. The highest BCUT2D eigenvalue weighted by atomic mass is 79.9. The monoisotopic (exact) mass is 302 g/mol. The van der Waals surface area contributed by atoms with Crippen LogP contribution in [0.15, 0.2) is 10.5 Å². The molecule has 1 N–H and O–H groups in total. The molecule has 0 atom stereocenters. The number of ether oxygens (including phenoxy) is 3. The summed E-state index contributed by atoms with van der Waals surface area (Å²) in [5.74, 6) is 1.82. The first-order valence-electron chi connectivity index (χ1n) is 5.34. The Morgan fingerprint density at radius 2 is 2.00 bits per heavy atom. The molecule has 94 valence electrons. The van der Waals surface area contributed by atoms with E-state index < -0.39 is 5.60 Å². The van der Waals surface area contributed by atoms with E-state index in [2.05, 4.69) is 15.9 Å². The minimum atomic E-state index is -1.01. The first-order valence-corrected chi connectivity index (χ1v) is 6.13. The molecule has 0 aromatic heterocycles. The standard InChI is InChI=1S/C12H15BrO4/c1-12(2,14)7-6-8-11(17-5-4-16-8)9(13)10(7)15-3/h6,14H,4-5H2,1-3H3. The fraction of sp³-hybridized carbons (Fsp3) is 0.500. The maximum absolute atomic E-state index is 10.1. The Morgan fingerprint density at radius 1 is 1.35 bits per heavy atom. The highest BCUT2D eigenvalue weighted by Crippen LogP contribution is 2.48. The molecular weight excluding hydrogens is 288 g/mol. The molecule has 17 heavy (non-hydrogen) atoms. The maximum atomic E-state index is 10.1. The van der Waals surface area contributed by atoms with Crippen LogP contribution in [0.5, 0.6) is 17.2 Å². The van der Waals surface area contributed by atoms with Gasteiger partial charge in [-0.3, -0.25) is 0 Å². The molecule has 0 aliphatic carbocycles. The van der Waals surface area contributed by atoms with Crippen LogP contribution in [0.4, 0.5) is 0 Å². The van der Waals surface area contributed by atoms with E-state index >= 15 is 0 Å². The quantitative estimate of drug-likeness (QED) is 0.912. The van der Waals surface area contributed by atoms with E-state index in [-0.39, 0.29) is 0 Å². The van der Waals surface area contributed by atoms with Crippen molar-refractivity contribution in [3.63, 3.8) is 0 Å². The summed E-state index contributed by atoms with van der Waals surface area (Å²) < 4.78 is 17.1. The van der Waals surface area contributed by atoms with Gasteiger partial charge in [-0.15, -0.1) is 0 Å². The van der Waals surface area contributed by atoms with Crippen LogP contribution in [-0.4, -0.2) is 25.4 Å². The number of rotatable bonds is 2. The normalized spacial score (nSPS) is 14.6. The highest BCUT2D eigenvalue weighted by molar-refractivity contribution is 9.10. The van der Waals surface area contributed by atoms with Crippen molar-refractivity contribution in [3.05, 3.63) is 16.1 Å². The molecule has 0 radical (unpaired) electrons. The van der Waals surface area contributed by atoms with Crippen LogP contribution in [-0.2, 0) is 5.60 Å². The number of hydrogen-bond acceptors (Lipinski definition) is 4. The van der Waals surface area contributed by atoms with E-state index in [0.29, 0.717) is 40.5 Å². The fourth-order valence-electron chi connectivity index (χ4n) is 1.78. The zero-order valence-electron chi connectivity index (χ0n) is 10.0. The first kappa shape index (κ1) is 12.5. The minimum absolute atomic E-state index is 0.511. The number of aliphatic hydroxyl groups is 1. The Kier molecular flexibility index (Phi) is 3.23. The predicted octanol–water partition coefficient (Wildman–Crippen LogP) is 2.46. The summed E-state index contributed by atoms with van der Waals surface area (Å²) >= 11 is 3.43. The third-order valence-corrected chi connectivity index (χ3v) is 3.31. The molecule has 1 heterocycles. The summed E-state index contributed by atoms with van der Waals surface area (Å²) in [6.45, 7) is 4.43. The average Bonchev–Trinajstić information content (AvgIpc) is 2.28. The van der Waals surface area contributed by atoms with Crippen LogP contribution >= 0.6 is 15.9 Å². The van der Waals surface area contributed by atoms with Crippen LogP contribution < -0.4 is 14.2 Å². The topological polar surface area (TPSA) is 47.9 Å². The van der Waals surface area contributed by atoms with Gasteiger partial charge in [-0.05, 0) is 35.8 Å². The second-order valence-corrected chi connectivity index (χ2v) is 5.15. The van der Waals surface area contributed by atoms with Crippen molar-refractivity contribution in [2.75, 3.05) is 20.3 Å².